The van der Waals surface area contributed by atoms with Crippen molar-refractivity contribution < 1.29 is 14.3 Å². The van der Waals surface area contributed by atoms with Crippen molar-refractivity contribution in [2.24, 2.45) is 0 Å². The molecule has 0 bridgehead atoms. The summed E-state index contributed by atoms with van der Waals surface area (Å²) in [7, 11) is 0. The number of carbonyl (C=O) groups is 2. The zero-order chi connectivity index (χ0) is 18.2. The van der Waals surface area contributed by atoms with Crippen LogP contribution in [0, 0.1) is 11.3 Å². The number of carbonyl (C=O) groups excluding carboxylic acids is 2. The molecule has 0 spiro atoms. The van der Waals surface area contributed by atoms with Gasteiger partial charge in [0.05, 0.1) is 11.6 Å². The van der Waals surface area contributed by atoms with Crippen molar-refractivity contribution in [1.29, 1.82) is 5.26 Å². The lowest BCUT2D eigenvalue weighted by molar-refractivity contribution is -0.152. The largest absolute Gasteiger partial charge is 0.452 e. The quantitative estimate of drug-likeness (QED) is 0.633. The van der Waals surface area contributed by atoms with E-state index in [-0.39, 0.29) is 0 Å². The van der Waals surface area contributed by atoms with Gasteiger partial charge in [-0.25, -0.2) is 0 Å². The van der Waals surface area contributed by atoms with Crippen LogP contribution in [-0.4, -0.2) is 23.2 Å². The molecule has 25 heavy (non-hydrogen) atoms. The molecule has 0 radical (unpaired) electrons. The standard InChI is InChI=1S/C19H18N2O3S/c1-13(18(22)21-16-10-8-15(12-20)9-11-16)24-19(23)14(2)25-17-6-4-3-5-7-17/h3-11,13-14H,1-2H3,(H,21,22)/t13-,14+/m0/s1. The van der Waals surface area contributed by atoms with Crippen LogP contribution in [0.5, 0.6) is 0 Å². The summed E-state index contributed by atoms with van der Waals surface area (Å²) in [5.74, 6) is -0.869. The normalized spacial score (nSPS) is 12.5. The zero-order valence-electron chi connectivity index (χ0n) is 13.9. The number of amides is 1. The number of hydrogen-bond acceptors (Lipinski definition) is 5. The number of thioether (sulfide) groups is 1. The van der Waals surface area contributed by atoms with Gasteiger partial charge in [-0.1, -0.05) is 18.2 Å². The Morgan fingerprint density at radius 1 is 1.08 bits per heavy atom. The summed E-state index contributed by atoms with van der Waals surface area (Å²) in [4.78, 5) is 25.2. The van der Waals surface area contributed by atoms with Crippen LogP contribution < -0.4 is 5.32 Å². The molecule has 1 amide bonds. The SMILES string of the molecule is C[C@H](OC(=O)[C@@H](C)Sc1ccccc1)C(=O)Nc1ccc(C#N)cc1. The molecular weight excluding hydrogens is 336 g/mol. The van der Waals surface area contributed by atoms with Crippen molar-refractivity contribution >= 4 is 29.3 Å². The van der Waals surface area contributed by atoms with E-state index in [0.717, 1.165) is 4.90 Å². The minimum atomic E-state index is -0.915. The molecular formula is C19H18N2O3S. The van der Waals surface area contributed by atoms with Crippen LogP contribution >= 0.6 is 11.8 Å². The minimum Gasteiger partial charge on any atom is -0.452 e. The van der Waals surface area contributed by atoms with Gasteiger partial charge >= 0.3 is 5.97 Å². The Balaban J connectivity index is 1.86. The topological polar surface area (TPSA) is 79.2 Å². The molecule has 128 valence electrons. The molecule has 0 heterocycles. The molecule has 0 saturated carbocycles. The summed E-state index contributed by atoms with van der Waals surface area (Å²) in [5.41, 5.74) is 1.04. The maximum absolute atomic E-state index is 12.1. The van der Waals surface area contributed by atoms with Gasteiger partial charge in [-0.2, -0.15) is 5.26 Å². The third-order valence-electron chi connectivity index (χ3n) is 3.33. The average molecular weight is 354 g/mol. The van der Waals surface area contributed by atoms with E-state index in [0.29, 0.717) is 11.3 Å². The molecule has 6 heteroatoms. The van der Waals surface area contributed by atoms with E-state index in [2.05, 4.69) is 5.32 Å². The number of nitrogens with zero attached hydrogens (tertiary/aromatic N) is 1. The van der Waals surface area contributed by atoms with Crippen LogP contribution in [0.1, 0.15) is 19.4 Å². The number of esters is 1. The van der Waals surface area contributed by atoms with Gasteiger partial charge in [-0.3, -0.25) is 9.59 Å². The Hall–Kier alpha value is -2.78. The smallest absolute Gasteiger partial charge is 0.319 e. The summed E-state index contributed by atoms with van der Waals surface area (Å²) in [6.45, 7) is 3.27. The second-order valence-electron chi connectivity index (χ2n) is 5.33. The molecule has 0 aliphatic carbocycles. The third kappa shape index (κ3) is 5.66. The molecule has 0 saturated heterocycles. The lowest BCUT2D eigenvalue weighted by Crippen LogP contribution is -2.32. The maximum atomic E-state index is 12.1. The fraction of sp³-hybridized carbons (Fsp3) is 0.211. The van der Waals surface area contributed by atoms with Gasteiger partial charge in [-0.05, 0) is 50.2 Å². The number of nitrogens with one attached hydrogen (secondary N) is 1. The van der Waals surface area contributed by atoms with Crippen molar-refractivity contribution in [1.82, 2.24) is 0 Å². The van der Waals surface area contributed by atoms with Gasteiger partial charge in [0.15, 0.2) is 6.10 Å². The van der Waals surface area contributed by atoms with Gasteiger partial charge in [-0.15, -0.1) is 11.8 Å². The van der Waals surface area contributed by atoms with Crippen LogP contribution in [0.2, 0.25) is 0 Å². The predicted molar refractivity (Wildman–Crippen MR) is 97.1 cm³/mol. The first-order valence-corrected chi connectivity index (χ1v) is 8.61. The predicted octanol–water partition coefficient (Wildman–Crippen LogP) is 3.61. The van der Waals surface area contributed by atoms with E-state index in [4.69, 9.17) is 10.00 Å². The first kappa shape index (κ1) is 18.6. The van der Waals surface area contributed by atoms with Crippen molar-refractivity contribution in [3.63, 3.8) is 0 Å². The molecule has 0 unspecified atom stereocenters. The third-order valence-corrected chi connectivity index (χ3v) is 4.42. The lowest BCUT2D eigenvalue weighted by Gasteiger charge is -2.16. The van der Waals surface area contributed by atoms with Gasteiger partial charge in [0.2, 0.25) is 0 Å². The molecule has 2 aromatic carbocycles. The first-order valence-electron chi connectivity index (χ1n) is 7.73. The second kappa shape index (κ2) is 8.90. The van der Waals surface area contributed by atoms with Gasteiger partial charge < -0.3 is 10.1 Å². The number of ether oxygens (including phenoxy) is 1. The Labute approximate surface area is 151 Å². The zero-order valence-corrected chi connectivity index (χ0v) is 14.7. The highest BCUT2D eigenvalue weighted by atomic mass is 32.2. The van der Waals surface area contributed by atoms with Crippen molar-refractivity contribution in [3.05, 3.63) is 60.2 Å². The molecule has 0 aliphatic heterocycles. The van der Waals surface area contributed by atoms with E-state index >= 15 is 0 Å². The van der Waals surface area contributed by atoms with E-state index in [1.54, 1.807) is 31.2 Å². The van der Waals surface area contributed by atoms with Gasteiger partial charge in [0.1, 0.15) is 5.25 Å². The van der Waals surface area contributed by atoms with Crippen molar-refractivity contribution in [3.8, 4) is 6.07 Å². The monoisotopic (exact) mass is 354 g/mol. The highest BCUT2D eigenvalue weighted by molar-refractivity contribution is 8.00. The Kier molecular flexibility index (Phi) is 6.61. The molecule has 0 fully saturated rings. The summed E-state index contributed by atoms with van der Waals surface area (Å²) < 4.78 is 5.24. The number of rotatable bonds is 6. The Morgan fingerprint density at radius 2 is 1.72 bits per heavy atom. The Bertz CT molecular complexity index is 770. The van der Waals surface area contributed by atoms with Crippen LogP contribution in [0.3, 0.4) is 0 Å². The van der Waals surface area contributed by atoms with E-state index in [9.17, 15) is 9.59 Å². The van der Waals surface area contributed by atoms with E-state index in [1.165, 1.54) is 18.7 Å². The van der Waals surface area contributed by atoms with E-state index < -0.39 is 23.2 Å². The highest BCUT2D eigenvalue weighted by Gasteiger charge is 2.22. The fourth-order valence-corrected chi connectivity index (χ4v) is 2.82. The number of anilines is 1. The average Bonchev–Trinajstić information content (AvgIpc) is 2.63. The molecule has 2 atom stereocenters. The summed E-state index contributed by atoms with van der Waals surface area (Å²) in [6.07, 6.45) is -0.915. The van der Waals surface area contributed by atoms with Gasteiger partial charge in [0.25, 0.3) is 5.91 Å². The Morgan fingerprint density at radius 3 is 2.32 bits per heavy atom. The van der Waals surface area contributed by atoms with E-state index in [1.807, 2.05) is 36.4 Å². The second-order valence-corrected chi connectivity index (χ2v) is 6.74. The first-order chi connectivity index (χ1) is 12.0. The molecule has 2 aromatic rings. The number of benzene rings is 2. The molecule has 2 rings (SSSR count). The maximum Gasteiger partial charge on any atom is 0.319 e. The number of nitriles is 1. The lowest BCUT2D eigenvalue weighted by atomic mass is 10.2. The highest BCUT2D eigenvalue weighted by Crippen LogP contribution is 2.23. The van der Waals surface area contributed by atoms with Crippen molar-refractivity contribution in [2.45, 2.75) is 30.1 Å². The van der Waals surface area contributed by atoms with Crippen LogP contribution in [-0.2, 0) is 14.3 Å². The fourth-order valence-electron chi connectivity index (χ4n) is 1.95. The summed E-state index contributed by atoms with van der Waals surface area (Å²) >= 11 is 1.38. The van der Waals surface area contributed by atoms with Crippen molar-refractivity contribution in [2.75, 3.05) is 5.32 Å². The van der Waals surface area contributed by atoms with Crippen LogP contribution in [0.25, 0.3) is 0 Å². The summed E-state index contributed by atoms with van der Waals surface area (Å²) in [6, 6.07) is 18.0. The minimum absolute atomic E-state index is 0.421. The molecule has 1 N–H and O–H groups in total. The van der Waals surface area contributed by atoms with Crippen LogP contribution in [0.4, 0.5) is 5.69 Å². The van der Waals surface area contributed by atoms with Gasteiger partial charge in [0, 0.05) is 10.6 Å². The summed E-state index contributed by atoms with van der Waals surface area (Å²) in [5, 5.41) is 11.0. The van der Waals surface area contributed by atoms with Crippen LogP contribution in [0.15, 0.2) is 59.5 Å². The molecule has 5 nitrogen and oxygen atoms in total. The molecule has 0 aromatic heterocycles. The number of hydrogen-bond donors (Lipinski definition) is 1. The molecule has 0 aliphatic rings.